The number of hydrazone groups is 1. The minimum absolute atomic E-state index is 0.0399. The molecule has 3 rings (SSSR count). The van der Waals surface area contributed by atoms with Crippen LogP contribution in [-0.4, -0.2) is 151 Å². The van der Waals surface area contributed by atoms with Crippen molar-refractivity contribution >= 4 is 67.4 Å². The second-order valence-corrected chi connectivity index (χ2v) is 14.5. The van der Waals surface area contributed by atoms with Gasteiger partial charge in [-0.05, 0) is 62.2 Å². The van der Waals surface area contributed by atoms with Crippen molar-refractivity contribution in [2.24, 2.45) is 21.9 Å². The number of ether oxygens (including phenoxy) is 6. The predicted molar refractivity (Wildman–Crippen MR) is 230 cm³/mol. The van der Waals surface area contributed by atoms with Gasteiger partial charge in [0, 0.05) is 30.2 Å². The van der Waals surface area contributed by atoms with Crippen molar-refractivity contribution in [3.63, 3.8) is 0 Å². The lowest BCUT2D eigenvalue weighted by Gasteiger charge is -2.31. The molecule has 2 aromatic rings. The summed E-state index contributed by atoms with van der Waals surface area (Å²) in [7, 11) is 1.58. The molecule has 358 valence electrons. The number of carboxylic acid groups (broad SMARTS) is 2. The second kappa shape index (κ2) is 31.3. The Kier molecular flexibility index (Phi) is 27.1. The lowest BCUT2D eigenvalue weighted by atomic mass is 9.94. The van der Waals surface area contributed by atoms with E-state index in [0.29, 0.717) is 63.4 Å². The van der Waals surface area contributed by atoms with Crippen LogP contribution >= 0.6 is 21.5 Å². The summed E-state index contributed by atoms with van der Waals surface area (Å²) in [5, 5.41) is 54.6. The molecule has 1 aliphatic rings. The van der Waals surface area contributed by atoms with Gasteiger partial charge in [-0.15, -0.1) is 0 Å². The molecular formula is C39H54F4N5O14PS. The normalized spacial score (nSPS) is 16.3. The fraction of sp³-hybridized carbons (Fsp3) is 0.538. The molecule has 0 aliphatic carbocycles. The van der Waals surface area contributed by atoms with E-state index in [1.165, 1.54) is 0 Å². The number of benzene rings is 2. The fourth-order valence-electron chi connectivity index (χ4n) is 5.18. The Bertz CT molecular complexity index is 1800. The number of phenols is 1. The van der Waals surface area contributed by atoms with Crippen LogP contribution in [0.1, 0.15) is 38.5 Å². The second-order valence-electron chi connectivity index (χ2n) is 13.5. The van der Waals surface area contributed by atoms with Crippen molar-refractivity contribution in [2.75, 3.05) is 77.9 Å². The van der Waals surface area contributed by atoms with Crippen molar-refractivity contribution in [1.82, 2.24) is 5.32 Å². The van der Waals surface area contributed by atoms with Gasteiger partial charge in [0.2, 0.25) is 11.6 Å². The van der Waals surface area contributed by atoms with E-state index < -0.39 is 76.5 Å². The number of aromatic hydroxyl groups is 1. The fourth-order valence-corrected chi connectivity index (χ4v) is 5.66. The zero-order valence-corrected chi connectivity index (χ0v) is 36.6. The van der Waals surface area contributed by atoms with E-state index in [1.807, 2.05) is 0 Å². The van der Waals surface area contributed by atoms with Crippen LogP contribution in [0, 0.1) is 29.2 Å². The molecule has 1 aliphatic heterocycles. The number of anilines is 1. The monoisotopic (exact) mass is 955 g/mol. The van der Waals surface area contributed by atoms with Gasteiger partial charge in [-0.2, -0.15) is 9.49 Å². The minimum Gasteiger partial charge on any atom is -0.508 e. The van der Waals surface area contributed by atoms with Gasteiger partial charge in [0.25, 0.3) is 0 Å². The minimum atomic E-state index is -1.94. The zero-order valence-electron chi connectivity index (χ0n) is 34.6. The van der Waals surface area contributed by atoms with E-state index in [4.69, 9.17) is 57.1 Å². The first-order valence-corrected chi connectivity index (χ1v) is 20.7. The van der Waals surface area contributed by atoms with Crippen LogP contribution in [-0.2, 0) is 38.1 Å². The summed E-state index contributed by atoms with van der Waals surface area (Å²) in [6, 6.07) is 6.61. The van der Waals surface area contributed by atoms with Crippen LogP contribution in [0.3, 0.4) is 0 Å². The number of nitrogens with one attached hydrogen (secondary N) is 2. The molecular weight excluding hydrogens is 901 g/mol. The summed E-state index contributed by atoms with van der Waals surface area (Å²) >= 11 is 5.25. The first-order chi connectivity index (χ1) is 30.5. The number of carboxylic acids is 2. The van der Waals surface area contributed by atoms with Gasteiger partial charge >= 0.3 is 17.9 Å². The number of rotatable bonds is 27. The number of esters is 1. The molecule has 1 saturated heterocycles. The Morgan fingerprint density at radius 1 is 0.859 bits per heavy atom. The molecule has 0 aromatic heterocycles. The number of carbonyl (C=O) groups is 3. The number of hydrogen-bond donors (Lipinski definition) is 8. The molecule has 3 unspecified atom stereocenters. The van der Waals surface area contributed by atoms with Crippen molar-refractivity contribution in [1.29, 1.82) is 0 Å². The van der Waals surface area contributed by atoms with Gasteiger partial charge < -0.3 is 70.4 Å². The number of halogens is 4. The topological polar surface area (TPSA) is 283 Å². The molecule has 19 nitrogen and oxygen atoms in total. The Morgan fingerprint density at radius 2 is 1.45 bits per heavy atom. The molecule has 1 heterocycles. The third-order valence-corrected chi connectivity index (χ3v) is 9.38. The number of unbranched alkanes of at least 4 members (excludes halogenated alkanes) is 1. The van der Waals surface area contributed by atoms with E-state index in [0.717, 1.165) is 18.5 Å². The third-order valence-electron chi connectivity index (χ3n) is 8.63. The third kappa shape index (κ3) is 21.8. The molecule has 64 heavy (non-hydrogen) atoms. The first kappa shape index (κ1) is 55.5. The lowest BCUT2D eigenvalue weighted by molar-refractivity contribution is -0.161. The number of nitrogens with two attached hydrogens (primary N) is 1. The Labute approximate surface area is 373 Å². The molecule has 0 bridgehead atoms. The Balaban J connectivity index is 0.000000736. The lowest BCUT2D eigenvalue weighted by Crippen LogP contribution is -2.43. The standard InChI is InChI=1S/C30H40F4N5O7PS.C9H14O7/c31-24-25(32)28(27(34)29(47)26(24)33)46-23(41)8-11-42-13-15-44-17-18-45-16-14-43-12-10-36-19-21(39-35)3-1-2-9-37-30(48)38-20-4-6-22(40)7-5-20;10-6-2-4(16-3-7(6)11)1-5(8(12)13)9(14)15/h4-7,19,40H,1-3,8-18,35,47H2,(H2,37,38,48);4-7,10-11H,1-3H2,(H,12,13)(H,14,15)/b36-19?,39-21-;/t;4-,6?,7?/m.1/s1. The summed E-state index contributed by atoms with van der Waals surface area (Å²) in [5.41, 5.74) is 1.46. The number of aliphatic hydroxyl groups excluding tert-OH is 2. The highest BCUT2D eigenvalue weighted by Crippen LogP contribution is 2.26. The van der Waals surface area contributed by atoms with Crippen LogP contribution < -0.4 is 26.5 Å². The van der Waals surface area contributed by atoms with Crippen molar-refractivity contribution in [3.05, 3.63) is 47.5 Å². The highest BCUT2D eigenvalue weighted by Gasteiger charge is 2.35. The van der Waals surface area contributed by atoms with Crippen LogP contribution in [0.4, 0.5) is 23.2 Å². The van der Waals surface area contributed by atoms with E-state index in [2.05, 4.69) is 25.5 Å². The maximum absolute atomic E-state index is 13.9. The number of thiocarbonyl (C=S) groups is 1. The Morgan fingerprint density at radius 3 is 2.03 bits per heavy atom. The molecule has 4 atom stereocenters. The van der Waals surface area contributed by atoms with E-state index >= 15 is 0 Å². The number of carbonyl (C=O) groups excluding carboxylic acids is 1. The van der Waals surface area contributed by atoms with Gasteiger partial charge in [0.1, 0.15) is 11.9 Å². The van der Waals surface area contributed by atoms with E-state index in [1.54, 1.807) is 39.7 Å². The van der Waals surface area contributed by atoms with E-state index in [9.17, 15) is 42.2 Å². The maximum Gasteiger partial charge on any atom is 0.317 e. The molecule has 0 spiro atoms. The SMILES string of the molecule is N/N=C(\C=NCCOCCOCCOCCOCCC(=O)Oc1c(F)c(F)c(F)c(P)c1F)CCCCNC(=S)Nc1ccc(O)cc1.O=C(O)C(C[C@@H]1CC(O)C(O)CO1)C(=O)O. The number of aliphatic carboxylic acids is 2. The van der Waals surface area contributed by atoms with Crippen molar-refractivity contribution < 1.29 is 85.9 Å². The molecule has 9 N–H and O–H groups in total. The predicted octanol–water partition coefficient (Wildman–Crippen LogP) is 2.03. The maximum atomic E-state index is 13.9. The highest BCUT2D eigenvalue weighted by molar-refractivity contribution is 7.80. The summed E-state index contributed by atoms with van der Waals surface area (Å²) in [5.74, 6) is -8.29. The van der Waals surface area contributed by atoms with Gasteiger partial charge in [-0.1, -0.05) is 9.24 Å². The molecule has 1 fully saturated rings. The number of aliphatic imine (C=N–C) groups is 1. The van der Waals surface area contributed by atoms with Crippen LogP contribution in [0.2, 0.25) is 0 Å². The van der Waals surface area contributed by atoms with Crippen LogP contribution in [0.15, 0.2) is 34.4 Å². The number of aliphatic hydroxyl groups is 2. The number of nitrogens with zero attached hydrogens (tertiary/aromatic N) is 2. The molecule has 0 radical (unpaired) electrons. The average Bonchev–Trinajstić information content (AvgIpc) is 3.26. The number of phenolic OH excluding ortho intramolecular Hbond substituents is 1. The van der Waals surface area contributed by atoms with Crippen LogP contribution in [0.25, 0.3) is 0 Å². The van der Waals surface area contributed by atoms with Crippen molar-refractivity contribution in [3.8, 4) is 11.5 Å². The van der Waals surface area contributed by atoms with E-state index in [-0.39, 0.29) is 51.4 Å². The summed E-state index contributed by atoms with van der Waals surface area (Å²) < 4.78 is 85.3. The van der Waals surface area contributed by atoms with Gasteiger partial charge in [-0.25, -0.2) is 13.2 Å². The highest BCUT2D eigenvalue weighted by atomic mass is 32.1. The summed E-state index contributed by atoms with van der Waals surface area (Å²) in [6.45, 7) is 2.95. The summed E-state index contributed by atoms with van der Waals surface area (Å²) in [4.78, 5) is 37.3. The molecule has 25 heteroatoms. The largest absolute Gasteiger partial charge is 0.508 e. The molecule has 0 amide bonds. The van der Waals surface area contributed by atoms with Gasteiger partial charge in [0.05, 0.1) is 90.3 Å². The molecule has 0 saturated carbocycles. The summed E-state index contributed by atoms with van der Waals surface area (Å²) in [6.07, 6.45) is 0.794. The molecule has 2 aromatic carbocycles. The van der Waals surface area contributed by atoms with Crippen molar-refractivity contribution in [2.45, 2.75) is 56.8 Å². The zero-order chi connectivity index (χ0) is 47.4. The smallest absolute Gasteiger partial charge is 0.317 e. The Hall–Kier alpha value is -4.65. The average molecular weight is 956 g/mol. The van der Waals surface area contributed by atoms with Gasteiger partial charge in [-0.3, -0.25) is 19.4 Å². The van der Waals surface area contributed by atoms with Crippen LogP contribution in [0.5, 0.6) is 11.5 Å². The van der Waals surface area contributed by atoms with Gasteiger partial charge in [0.15, 0.2) is 28.5 Å². The number of hydrogen-bond acceptors (Lipinski definition) is 16. The quantitative estimate of drug-likeness (QED) is 0.00508. The first-order valence-electron chi connectivity index (χ1n) is 19.7.